The minimum atomic E-state index is -0.652. The van der Waals surface area contributed by atoms with Gasteiger partial charge in [-0.3, -0.25) is 4.79 Å². The lowest BCUT2D eigenvalue weighted by molar-refractivity contribution is -0.149. The van der Waals surface area contributed by atoms with Crippen LogP contribution < -0.4 is 10.1 Å². The molecule has 0 saturated heterocycles. The lowest BCUT2D eigenvalue weighted by atomic mass is 10.1. The van der Waals surface area contributed by atoms with Crippen molar-refractivity contribution < 1.29 is 19.1 Å². The van der Waals surface area contributed by atoms with Crippen molar-refractivity contribution >= 4 is 40.8 Å². The summed E-state index contributed by atoms with van der Waals surface area (Å²) in [6.45, 7) is 4.83. The highest BCUT2D eigenvalue weighted by Crippen LogP contribution is 2.27. The fourth-order valence-corrected chi connectivity index (χ4v) is 2.94. The summed E-state index contributed by atoms with van der Waals surface area (Å²) in [6, 6.07) is 8.70. The first kappa shape index (κ1) is 20.1. The zero-order valence-electron chi connectivity index (χ0n) is 14.7. The van der Waals surface area contributed by atoms with E-state index in [1.807, 2.05) is 26.8 Å². The van der Waals surface area contributed by atoms with Gasteiger partial charge in [0.1, 0.15) is 5.75 Å². The molecule has 0 spiro atoms. The van der Waals surface area contributed by atoms with Crippen LogP contribution in [0.2, 0.25) is 10.0 Å². The van der Waals surface area contributed by atoms with Crippen molar-refractivity contribution in [3.63, 3.8) is 0 Å². The van der Waals surface area contributed by atoms with E-state index in [4.69, 9.17) is 32.7 Å². The molecule has 0 aromatic heterocycles. The highest BCUT2D eigenvalue weighted by atomic mass is 35.5. The Hall–Kier alpha value is -2.24. The molecule has 7 heteroatoms. The van der Waals surface area contributed by atoms with Crippen LogP contribution in [0.5, 0.6) is 5.75 Å². The number of halogens is 2. The number of aryl methyl sites for hydroxylation is 3. The maximum absolute atomic E-state index is 12.0. The fraction of sp³-hybridized carbons (Fsp3) is 0.263. The number of nitrogens with one attached hydrogen (secondary N) is 1. The van der Waals surface area contributed by atoms with Crippen molar-refractivity contribution in [2.75, 3.05) is 18.5 Å². The van der Waals surface area contributed by atoms with Gasteiger partial charge in [-0.05, 0) is 61.7 Å². The van der Waals surface area contributed by atoms with Gasteiger partial charge in [0.05, 0.1) is 10.7 Å². The van der Waals surface area contributed by atoms with Crippen LogP contribution in [0.1, 0.15) is 16.7 Å². The standard InChI is InChI=1S/C19H19Cl2NO4/c1-11-6-13(3)19(15(21)7-11)22-17(23)9-26-18(24)10-25-16-5-4-14(20)8-12(16)2/h4-8H,9-10H2,1-3H3,(H,22,23). The zero-order valence-corrected chi connectivity index (χ0v) is 16.2. The van der Waals surface area contributed by atoms with Crippen molar-refractivity contribution in [1.29, 1.82) is 0 Å². The number of esters is 1. The van der Waals surface area contributed by atoms with Crippen LogP contribution >= 0.6 is 23.2 Å². The van der Waals surface area contributed by atoms with E-state index in [2.05, 4.69) is 5.32 Å². The Morgan fingerprint density at radius 3 is 2.38 bits per heavy atom. The molecule has 0 fully saturated rings. The lowest BCUT2D eigenvalue weighted by Crippen LogP contribution is -2.24. The average Bonchev–Trinajstić information content (AvgIpc) is 2.55. The molecule has 0 saturated carbocycles. The summed E-state index contributed by atoms with van der Waals surface area (Å²) < 4.78 is 10.3. The molecule has 1 N–H and O–H groups in total. The topological polar surface area (TPSA) is 64.6 Å². The molecule has 0 unspecified atom stereocenters. The summed E-state index contributed by atoms with van der Waals surface area (Å²) in [4.78, 5) is 23.7. The van der Waals surface area contributed by atoms with E-state index in [-0.39, 0.29) is 6.61 Å². The number of rotatable bonds is 6. The number of ether oxygens (including phenoxy) is 2. The van der Waals surface area contributed by atoms with Gasteiger partial charge in [-0.25, -0.2) is 4.79 Å². The van der Waals surface area contributed by atoms with Gasteiger partial charge in [0.15, 0.2) is 13.2 Å². The van der Waals surface area contributed by atoms with E-state index < -0.39 is 18.5 Å². The van der Waals surface area contributed by atoms with Crippen molar-refractivity contribution in [1.82, 2.24) is 0 Å². The maximum atomic E-state index is 12.0. The van der Waals surface area contributed by atoms with Crippen LogP contribution in [0.3, 0.4) is 0 Å². The number of hydrogen-bond acceptors (Lipinski definition) is 4. The number of anilines is 1. The second-order valence-electron chi connectivity index (χ2n) is 5.85. The third kappa shape index (κ3) is 5.64. The summed E-state index contributed by atoms with van der Waals surface area (Å²) in [5, 5.41) is 3.66. The fourth-order valence-electron chi connectivity index (χ4n) is 2.35. The molecule has 1 amide bonds. The van der Waals surface area contributed by atoms with Gasteiger partial charge in [-0.15, -0.1) is 0 Å². The maximum Gasteiger partial charge on any atom is 0.344 e. The summed E-state index contributed by atoms with van der Waals surface area (Å²) in [6.07, 6.45) is 0. The first-order chi connectivity index (χ1) is 12.3. The van der Waals surface area contributed by atoms with E-state index in [9.17, 15) is 9.59 Å². The predicted octanol–water partition coefficient (Wildman–Crippen LogP) is 4.48. The number of hydrogen-bond donors (Lipinski definition) is 1. The number of amides is 1. The molecule has 2 rings (SSSR count). The van der Waals surface area contributed by atoms with Crippen LogP contribution in [-0.2, 0) is 14.3 Å². The molecule has 2 aromatic carbocycles. The minimum Gasteiger partial charge on any atom is -0.482 e. The van der Waals surface area contributed by atoms with Gasteiger partial charge >= 0.3 is 5.97 Å². The number of benzene rings is 2. The first-order valence-electron chi connectivity index (χ1n) is 7.87. The van der Waals surface area contributed by atoms with Crippen LogP contribution in [0, 0.1) is 20.8 Å². The summed E-state index contributed by atoms with van der Waals surface area (Å²) in [5.41, 5.74) is 3.13. The van der Waals surface area contributed by atoms with Crippen molar-refractivity contribution in [3.05, 3.63) is 57.1 Å². The summed E-state index contributed by atoms with van der Waals surface area (Å²) in [5.74, 6) is -0.603. The molecule has 138 valence electrons. The smallest absolute Gasteiger partial charge is 0.344 e. The Balaban J connectivity index is 1.83. The Labute approximate surface area is 162 Å². The zero-order chi connectivity index (χ0) is 19.3. The molecule has 0 radical (unpaired) electrons. The molecule has 0 bridgehead atoms. The minimum absolute atomic E-state index is 0.305. The Kier molecular flexibility index (Phi) is 6.89. The molecule has 0 heterocycles. The van der Waals surface area contributed by atoms with E-state index in [1.165, 1.54) is 0 Å². The SMILES string of the molecule is Cc1cc(C)c(NC(=O)COC(=O)COc2ccc(Cl)cc2C)c(Cl)c1. The van der Waals surface area contributed by atoms with Crippen LogP contribution in [0.15, 0.2) is 30.3 Å². The molecular formula is C19H19Cl2NO4. The normalized spacial score (nSPS) is 10.3. The van der Waals surface area contributed by atoms with Gasteiger partial charge in [-0.2, -0.15) is 0 Å². The van der Waals surface area contributed by atoms with Crippen LogP contribution in [0.25, 0.3) is 0 Å². The van der Waals surface area contributed by atoms with Crippen molar-refractivity contribution in [2.24, 2.45) is 0 Å². The Bertz CT molecular complexity index is 813. The third-order valence-corrected chi connectivity index (χ3v) is 4.08. The third-order valence-electron chi connectivity index (χ3n) is 3.54. The molecular weight excluding hydrogens is 377 g/mol. The molecule has 0 atom stereocenters. The number of carbonyl (C=O) groups excluding carboxylic acids is 2. The molecule has 0 aliphatic rings. The monoisotopic (exact) mass is 395 g/mol. The highest BCUT2D eigenvalue weighted by Gasteiger charge is 2.13. The second-order valence-corrected chi connectivity index (χ2v) is 6.69. The van der Waals surface area contributed by atoms with E-state index in [0.29, 0.717) is 21.5 Å². The quantitative estimate of drug-likeness (QED) is 0.732. The van der Waals surface area contributed by atoms with Crippen molar-refractivity contribution in [3.8, 4) is 5.75 Å². The summed E-state index contributed by atoms with van der Waals surface area (Å²) >= 11 is 12.0. The van der Waals surface area contributed by atoms with Gasteiger partial charge in [-0.1, -0.05) is 29.3 Å². The predicted molar refractivity (Wildman–Crippen MR) is 102 cm³/mol. The lowest BCUT2D eigenvalue weighted by Gasteiger charge is -2.12. The van der Waals surface area contributed by atoms with E-state index >= 15 is 0 Å². The van der Waals surface area contributed by atoms with Gasteiger partial charge < -0.3 is 14.8 Å². The molecule has 0 aliphatic carbocycles. The van der Waals surface area contributed by atoms with Gasteiger partial charge in [0.25, 0.3) is 5.91 Å². The van der Waals surface area contributed by atoms with Gasteiger partial charge in [0, 0.05) is 5.02 Å². The van der Waals surface area contributed by atoms with Crippen LogP contribution in [-0.4, -0.2) is 25.1 Å². The Morgan fingerprint density at radius 2 is 1.73 bits per heavy atom. The van der Waals surface area contributed by atoms with E-state index in [0.717, 1.165) is 16.7 Å². The molecule has 26 heavy (non-hydrogen) atoms. The highest BCUT2D eigenvalue weighted by molar-refractivity contribution is 6.34. The second kappa shape index (κ2) is 8.92. The van der Waals surface area contributed by atoms with Gasteiger partial charge in [0.2, 0.25) is 0 Å². The molecule has 0 aliphatic heterocycles. The largest absolute Gasteiger partial charge is 0.482 e. The molecule has 5 nitrogen and oxygen atoms in total. The van der Waals surface area contributed by atoms with Crippen molar-refractivity contribution in [2.45, 2.75) is 20.8 Å². The number of carbonyl (C=O) groups is 2. The molecule has 2 aromatic rings. The summed E-state index contributed by atoms with van der Waals surface area (Å²) in [7, 11) is 0. The average molecular weight is 396 g/mol. The van der Waals surface area contributed by atoms with Crippen LogP contribution in [0.4, 0.5) is 5.69 Å². The first-order valence-corrected chi connectivity index (χ1v) is 8.63. The Morgan fingerprint density at radius 1 is 1.00 bits per heavy atom. The van der Waals surface area contributed by atoms with E-state index in [1.54, 1.807) is 24.3 Å².